The Morgan fingerprint density at radius 3 is 3.00 bits per heavy atom. The van der Waals surface area contributed by atoms with Crippen LogP contribution in [0.5, 0.6) is 0 Å². The zero-order valence-corrected chi connectivity index (χ0v) is 13.3. The molecule has 0 spiro atoms. The van der Waals surface area contributed by atoms with Crippen LogP contribution in [0, 0.1) is 13.8 Å². The molecule has 0 unspecified atom stereocenters. The minimum atomic E-state index is -0.0814. The third-order valence-corrected chi connectivity index (χ3v) is 4.02. The Labute approximate surface area is 130 Å². The Kier molecular flexibility index (Phi) is 3.92. The highest BCUT2D eigenvalue weighted by atomic mass is 16.1. The molecule has 1 N–H and O–H groups in total. The average molecular weight is 299 g/mol. The van der Waals surface area contributed by atoms with Crippen LogP contribution in [0.2, 0.25) is 0 Å². The summed E-state index contributed by atoms with van der Waals surface area (Å²) in [6.45, 7) is 6.61. The maximum Gasteiger partial charge on any atom is 0.254 e. The van der Waals surface area contributed by atoms with Gasteiger partial charge in [0.15, 0.2) is 0 Å². The Bertz CT molecular complexity index is 707. The molecule has 3 heterocycles. The second-order valence-electron chi connectivity index (χ2n) is 5.79. The monoisotopic (exact) mass is 299 g/mol. The number of nitrogens with zero attached hydrogens (tertiary/aromatic N) is 4. The first kappa shape index (κ1) is 14.7. The number of hydrogen-bond donors (Lipinski definition) is 1. The number of carbonyl (C=O) groups is 1. The largest absolute Gasteiger partial charge is 0.347 e. The number of nitrogens with one attached hydrogen (secondary N) is 1. The van der Waals surface area contributed by atoms with Crippen LogP contribution < -0.4 is 5.32 Å². The van der Waals surface area contributed by atoms with Gasteiger partial charge in [-0.25, -0.2) is 15.0 Å². The molecule has 1 atom stereocenters. The number of aromatic nitrogens is 4. The maximum atomic E-state index is 12.5. The van der Waals surface area contributed by atoms with Crippen molar-refractivity contribution in [2.24, 2.45) is 0 Å². The number of fused-ring (bicyclic) bond motifs is 1. The first-order valence-electron chi connectivity index (χ1n) is 7.73. The molecule has 116 valence electrons. The molecular formula is C16H21N5O. The van der Waals surface area contributed by atoms with E-state index in [9.17, 15) is 4.79 Å². The van der Waals surface area contributed by atoms with Crippen LogP contribution in [0.25, 0.3) is 0 Å². The van der Waals surface area contributed by atoms with Crippen molar-refractivity contribution in [2.45, 2.75) is 52.6 Å². The smallest absolute Gasteiger partial charge is 0.254 e. The lowest BCUT2D eigenvalue weighted by atomic mass is 10.1. The fraction of sp³-hybridized carbons (Fsp3) is 0.500. The molecule has 3 rings (SSSR count). The van der Waals surface area contributed by atoms with Crippen LogP contribution in [-0.2, 0) is 19.4 Å². The third-order valence-electron chi connectivity index (χ3n) is 4.02. The van der Waals surface area contributed by atoms with Crippen molar-refractivity contribution in [1.82, 2.24) is 24.8 Å². The molecule has 6 nitrogen and oxygen atoms in total. The Balaban J connectivity index is 1.73. The molecule has 0 saturated heterocycles. The predicted octanol–water partition coefficient (Wildman–Crippen LogP) is 1.60. The summed E-state index contributed by atoms with van der Waals surface area (Å²) in [4.78, 5) is 25.5. The van der Waals surface area contributed by atoms with Gasteiger partial charge in [-0.2, -0.15) is 0 Å². The van der Waals surface area contributed by atoms with Crippen molar-refractivity contribution in [1.29, 1.82) is 0 Å². The molecule has 0 saturated carbocycles. The van der Waals surface area contributed by atoms with Crippen molar-refractivity contribution in [3.63, 3.8) is 0 Å². The lowest BCUT2D eigenvalue weighted by Gasteiger charge is -2.25. The van der Waals surface area contributed by atoms with E-state index in [2.05, 4.69) is 24.8 Å². The maximum absolute atomic E-state index is 12.5. The second kappa shape index (κ2) is 5.87. The fourth-order valence-corrected chi connectivity index (χ4v) is 2.94. The van der Waals surface area contributed by atoms with E-state index in [-0.39, 0.29) is 11.9 Å². The molecule has 0 radical (unpaired) electrons. The second-order valence-corrected chi connectivity index (χ2v) is 5.79. The van der Waals surface area contributed by atoms with E-state index in [1.54, 1.807) is 6.20 Å². The van der Waals surface area contributed by atoms with Gasteiger partial charge in [-0.3, -0.25) is 4.79 Å². The molecule has 6 heteroatoms. The van der Waals surface area contributed by atoms with E-state index in [1.165, 1.54) is 0 Å². The summed E-state index contributed by atoms with van der Waals surface area (Å²) in [5.41, 5.74) is 2.42. The molecule has 0 bridgehead atoms. The summed E-state index contributed by atoms with van der Waals surface area (Å²) >= 11 is 0. The number of hydrogen-bond acceptors (Lipinski definition) is 4. The summed E-state index contributed by atoms with van der Waals surface area (Å²) in [7, 11) is 0. The average Bonchev–Trinajstić information content (AvgIpc) is 2.86. The molecule has 1 aliphatic rings. The third kappa shape index (κ3) is 2.86. The SMILES string of the molecule is CCc1nc(C)ncc1C(=O)N[C@H]1CCc2nc(C)cn2C1. The van der Waals surface area contributed by atoms with Gasteiger partial charge in [0.25, 0.3) is 5.91 Å². The summed E-state index contributed by atoms with van der Waals surface area (Å²) in [5, 5.41) is 3.11. The minimum Gasteiger partial charge on any atom is -0.347 e. The van der Waals surface area contributed by atoms with Gasteiger partial charge in [0.1, 0.15) is 11.6 Å². The zero-order chi connectivity index (χ0) is 15.7. The summed E-state index contributed by atoms with van der Waals surface area (Å²) < 4.78 is 2.14. The van der Waals surface area contributed by atoms with E-state index in [4.69, 9.17) is 0 Å². The van der Waals surface area contributed by atoms with Crippen molar-refractivity contribution in [2.75, 3.05) is 0 Å². The lowest BCUT2D eigenvalue weighted by molar-refractivity contribution is 0.0925. The molecule has 1 amide bonds. The number of imidazole rings is 1. The number of carbonyl (C=O) groups excluding carboxylic acids is 1. The first-order chi connectivity index (χ1) is 10.6. The minimum absolute atomic E-state index is 0.0814. The van der Waals surface area contributed by atoms with Crippen LogP contribution in [0.4, 0.5) is 0 Å². The van der Waals surface area contributed by atoms with Crippen LogP contribution in [0.3, 0.4) is 0 Å². The van der Waals surface area contributed by atoms with E-state index >= 15 is 0 Å². The molecule has 22 heavy (non-hydrogen) atoms. The van der Waals surface area contributed by atoms with E-state index in [0.29, 0.717) is 11.4 Å². The van der Waals surface area contributed by atoms with Crippen LogP contribution >= 0.6 is 0 Å². The van der Waals surface area contributed by atoms with E-state index in [0.717, 1.165) is 43.0 Å². The number of aryl methyl sites for hydroxylation is 4. The molecule has 0 aromatic carbocycles. The van der Waals surface area contributed by atoms with E-state index in [1.807, 2.05) is 27.0 Å². The summed E-state index contributed by atoms with van der Waals surface area (Å²) in [6.07, 6.45) is 6.20. The summed E-state index contributed by atoms with van der Waals surface area (Å²) in [5.74, 6) is 1.72. The Morgan fingerprint density at radius 2 is 2.23 bits per heavy atom. The number of rotatable bonds is 3. The van der Waals surface area contributed by atoms with Gasteiger partial charge in [0.05, 0.1) is 17.0 Å². The van der Waals surface area contributed by atoms with Crippen molar-refractivity contribution in [3.05, 3.63) is 41.0 Å². The van der Waals surface area contributed by atoms with Gasteiger partial charge in [-0.15, -0.1) is 0 Å². The molecule has 1 aliphatic heterocycles. The van der Waals surface area contributed by atoms with Crippen molar-refractivity contribution in [3.8, 4) is 0 Å². The van der Waals surface area contributed by atoms with Crippen LogP contribution in [0.15, 0.2) is 12.4 Å². The standard InChI is InChI=1S/C16H21N5O/c1-4-14-13(7-17-11(3)19-14)16(22)20-12-5-6-15-18-10(2)8-21(15)9-12/h7-8,12H,4-6,9H2,1-3H3,(H,20,22)/t12-/m0/s1. The van der Waals surface area contributed by atoms with Crippen molar-refractivity contribution >= 4 is 5.91 Å². The van der Waals surface area contributed by atoms with Gasteiger partial charge >= 0.3 is 0 Å². The highest BCUT2D eigenvalue weighted by molar-refractivity contribution is 5.95. The quantitative estimate of drug-likeness (QED) is 0.934. The van der Waals surface area contributed by atoms with Crippen molar-refractivity contribution < 1.29 is 4.79 Å². The number of amides is 1. The van der Waals surface area contributed by atoms with Gasteiger partial charge in [-0.1, -0.05) is 6.92 Å². The Hall–Kier alpha value is -2.24. The van der Waals surface area contributed by atoms with Crippen LogP contribution in [-0.4, -0.2) is 31.5 Å². The normalized spacial score (nSPS) is 17.1. The van der Waals surface area contributed by atoms with Gasteiger partial charge in [0.2, 0.25) is 0 Å². The van der Waals surface area contributed by atoms with Gasteiger partial charge in [0, 0.05) is 31.4 Å². The summed E-state index contributed by atoms with van der Waals surface area (Å²) in [6, 6.07) is 0.125. The molecular weight excluding hydrogens is 278 g/mol. The zero-order valence-electron chi connectivity index (χ0n) is 13.3. The van der Waals surface area contributed by atoms with Gasteiger partial charge in [-0.05, 0) is 26.7 Å². The topological polar surface area (TPSA) is 72.7 Å². The lowest BCUT2D eigenvalue weighted by Crippen LogP contribution is -2.41. The van der Waals surface area contributed by atoms with Crippen LogP contribution in [0.1, 0.15) is 46.7 Å². The predicted molar refractivity (Wildman–Crippen MR) is 82.7 cm³/mol. The molecule has 0 aliphatic carbocycles. The molecule has 2 aromatic heterocycles. The highest BCUT2D eigenvalue weighted by Gasteiger charge is 2.23. The van der Waals surface area contributed by atoms with Gasteiger partial charge < -0.3 is 9.88 Å². The Morgan fingerprint density at radius 1 is 1.41 bits per heavy atom. The van der Waals surface area contributed by atoms with E-state index < -0.39 is 0 Å². The first-order valence-corrected chi connectivity index (χ1v) is 7.73. The molecule has 0 fully saturated rings. The molecule has 2 aromatic rings. The fourth-order valence-electron chi connectivity index (χ4n) is 2.94. The highest BCUT2D eigenvalue weighted by Crippen LogP contribution is 2.16.